The Balaban J connectivity index is 1.69. The monoisotopic (exact) mass is 297 g/mol. The summed E-state index contributed by atoms with van der Waals surface area (Å²) in [7, 11) is 0. The predicted molar refractivity (Wildman–Crippen MR) is 76.4 cm³/mol. The second-order valence-corrected chi connectivity index (χ2v) is 5.79. The number of likely N-dealkylation sites (tertiary alicyclic amines) is 1. The Morgan fingerprint density at radius 1 is 1.50 bits per heavy atom. The van der Waals surface area contributed by atoms with E-state index in [9.17, 15) is 9.59 Å². The second kappa shape index (κ2) is 7.37. The first-order valence-corrected chi connectivity index (χ1v) is 7.52. The highest BCUT2D eigenvalue weighted by Gasteiger charge is 2.25. The lowest BCUT2D eigenvalue weighted by molar-refractivity contribution is -0.121. The number of rotatable bonds is 5. The van der Waals surface area contributed by atoms with Gasteiger partial charge < -0.3 is 10.4 Å². The molecule has 1 aliphatic rings. The number of urea groups is 1. The normalized spacial score (nSPS) is 18.9. The summed E-state index contributed by atoms with van der Waals surface area (Å²) in [4.78, 5) is 26.2. The van der Waals surface area contributed by atoms with E-state index < -0.39 is 6.03 Å². The highest BCUT2D eigenvalue weighted by Crippen LogP contribution is 2.15. The van der Waals surface area contributed by atoms with Crippen molar-refractivity contribution in [1.82, 2.24) is 15.5 Å². The minimum absolute atomic E-state index is 0.0370. The highest BCUT2D eigenvalue weighted by molar-refractivity contribution is 7.09. The average Bonchev–Trinajstić information content (AvgIpc) is 3.06. The number of thiophene rings is 1. The van der Waals surface area contributed by atoms with Crippen molar-refractivity contribution >= 4 is 23.3 Å². The summed E-state index contributed by atoms with van der Waals surface area (Å²) in [5.74, 6) is -0.339. The molecular formula is C13H19N3O3S. The zero-order valence-corrected chi connectivity index (χ0v) is 12.0. The van der Waals surface area contributed by atoms with Crippen molar-refractivity contribution in [3.63, 3.8) is 0 Å². The molecule has 110 valence electrons. The van der Waals surface area contributed by atoms with E-state index in [1.165, 1.54) is 0 Å². The van der Waals surface area contributed by atoms with Gasteiger partial charge in [0.1, 0.15) is 0 Å². The fourth-order valence-electron chi connectivity index (χ4n) is 2.29. The average molecular weight is 297 g/mol. The number of carbonyl (C=O) groups excluding carboxylic acids is 2. The minimum Gasteiger partial charge on any atom is -0.395 e. The SMILES string of the molecule is O=C(CN1CCCC1CO)NC(=O)NCc1cccs1. The molecule has 6 nitrogen and oxygen atoms in total. The molecule has 0 aromatic carbocycles. The van der Waals surface area contributed by atoms with Crippen LogP contribution in [0.25, 0.3) is 0 Å². The van der Waals surface area contributed by atoms with E-state index in [2.05, 4.69) is 10.6 Å². The van der Waals surface area contributed by atoms with Gasteiger partial charge in [0.2, 0.25) is 5.91 Å². The Labute approximate surface area is 121 Å². The molecule has 20 heavy (non-hydrogen) atoms. The van der Waals surface area contributed by atoms with Crippen LogP contribution in [0.2, 0.25) is 0 Å². The lowest BCUT2D eigenvalue weighted by Gasteiger charge is -2.21. The molecule has 1 unspecified atom stereocenters. The summed E-state index contributed by atoms with van der Waals surface area (Å²) >= 11 is 1.55. The molecule has 0 radical (unpaired) electrons. The van der Waals surface area contributed by atoms with Crippen molar-refractivity contribution in [2.75, 3.05) is 19.7 Å². The number of nitrogens with one attached hydrogen (secondary N) is 2. The molecule has 0 aliphatic carbocycles. The van der Waals surface area contributed by atoms with Crippen molar-refractivity contribution in [2.45, 2.75) is 25.4 Å². The van der Waals surface area contributed by atoms with Gasteiger partial charge in [-0.3, -0.25) is 15.0 Å². The molecule has 0 spiro atoms. The first-order valence-electron chi connectivity index (χ1n) is 6.64. The largest absolute Gasteiger partial charge is 0.395 e. The predicted octanol–water partition coefficient (Wildman–Crippen LogP) is 0.531. The van der Waals surface area contributed by atoms with Gasteiger partial charge in [-0.1, -0.05) is 6.07 Å². The van der Waals surface area contributed by atoms with Crippen LogP contribution < -0.4 is 10.6 Å². The van der Waals surface area contributed by atoms with E-state index in [-0.39, 0.29) is 25.1 Å². The van der Waals surface area contributed by atoms with Crippen molar-refractivity contribution in [1.29, 1.82) is 0 Å². The molecule has 3 N–H and O–H groups in total. The van der Waals surface area contributed by atoms with Gasteiger partial charge in [0.05, 0.1) is 19.7 Å². The third kappa shape index (κ3) is 4.29. The van der Waals surface area contributed by atoms with Crippen LogP contribution in [0.5, 0.6) is 0 Å². The molecule has 2 heterocycles. The molecule has 0 saturated carbocycles. The van der Waals surface area contributed by atoms with Crippen LogP contribution in [0.3, 0.4) is 0 Å². The molecule has 1 aromatic rings. The van der Waals surface area contributed by atoms with Gasteiger partial charge in [-0.2, -0.15) is 0 Å². The quantitative estimate of drug-likeness (QED) is 0.740. The zero-order valence-electron chi connectivity index (χ0n) is 11.2. The van der Waals surface area contributed by atoms with E-state index >= 15 is 0 Å². The van der Waals surface area contributed by atoms with Crippen molar-refractivity contribution in [3.8, 4) is 0 Å². The molecule has 7 heteroatoms. The molecule has 1 aliphatic heterocycles. The van der Waals surface area contributed by atoms with Crippen LogP contribution in [-0.4, -0.2) is 47.7 Å². The van der Waals surface area contributed by atoms with Gasteiger partial charge in [-0.15, -0.1) is 11.3 Å². The van der Waals surface area contributed by atoms with Gasteiger partial charge >= 0.3 is 6.03 Å². The lowest BCUT2D eigenvalue weighted by atomic mass is 10.2. The van der Waals surface area contributed by atoms with Crippen molar-refractivity contribution in [2.24, 2.45) is 0 Å². The number of aliphatic hydroxyl groups is 1. The summed E-state index contributed by atoms with van der Waals surface area (Å²) in [5, 5.41) is 16.0. The third-order valence-corrected chi connectivity index (χ3v) is 4.19. The maximum atomic E-state index is 11.7. The number of imide groups is 1. The number of aliphatic hydroxyl groups excluding tert-OH is 1. The molecular weight excluding hydrogens is 278 g/mol. The smallest absolute Gasteiger partial charge is 0.321 e. The number of nitrogens with zero attached hydrogens (tertiary/aromatic N) is 1. The van der Waals surface area contributed by atoms with Gasteiger partial charge in [-0.05, 0) is 30.8 Å². The summed E-state index contributed by atoms with van der Waals surface area (Å²) in [6.07, 6.45) is 1.87. The number of amides is 3. The highest BCUT2D eigenvalue weighted by atomic mass is 32.1. The third-order valence-electron chi connectivity index (χ3n) is 3.31. The Hall–Kier alpha value is -1.44. The topological polar surface area (TPSA) is 81.7 Å². The van der Waals surface area contributed by atoms with Crippen molar-refractivity contribution in [3.05, 3.63) is 22.4 Å². The van der Waals surface area contributed by atoms with Gasteiger partial charge in [0, 0.05) is 10.9 Å². The molecule has 1 saturated heterocycles. The second-order valence-electron chi connectivity index (χ2n) is 4.76. The van der Waals surface area contributed by atoms with Gasteiger partial charge in [0.15, 0.2) is 0 Å². The molecule has 1 aromatic heterocycles. The molecule has 0 bridgehead atoms. The van der Waals surface area contributed by atoms with Crippen LogP contribution in [0.15, 0.2) is 17.5 Å². The number of carbonyl (C=O) groups is 2. The van der Waals surface area contributed by atoms with E-state index in [1.807, 2.05) is 22.4 Å². The fourth-order valence-corrected chi connectivity index (χ4v) is 2.93. The summed E-state index contributed by atoms with van der Waals surface area (Å²) in [6, 6.07) is 3.38. The van der Waals surface area contributed by atoms with Gasteiger partial charge in [0.25, 0.3) is 0 Å². The standard InChI is InChI=1S/C13H19N3O3S/c17-9-10-3-1-5-16(10)8-12(18)15-13(19)14-7-11-4-2-6-20-11/h2,4,6,10,17H,1,3,5,7-9H2,(H2,14,15,18,19). The Kier molecular flexibility index (Phi) is 5.51. The summed E-state index contributed by atoms with van der Waals surface area (Å²) in [5.41, 5.74) is 0. The first-order chi connectivity index (χ1) is 9.69. The molecule has 1 atom stereocenters. The minimum atomic E-state index is -0.483. The first kappa shape index (κ1) is 15.0. The lowest BCUT2D eigenvalue weighted by Crippen LogP contribution is -2.46. The van der Waals surface area contributed by atoms with Crippen LogP contribution in [0, 0.1) is 0 Å². The zero-order chi connectivity index (χ0) is 14.4. The molecule has 1 fully saturated rings. The van der Waals surface area contributed by atoms with E-state index in [1.54, 1.807) is 11.3 Å². The van der Waals surface area contributed by atoms with E-state index in [0.29, 0.717) is 6.54 Å². The fraction of sp³-hybridized carbons (Fsp3) is 0.538. The van der Waals surface area contributed by atoms with Crippen LogP contribution in [0.4, 0.5) is 4.79 Å². The summed E-state index contributed by atoms with van der Waals surface area (Å²) in [6.45, 7) is 1.41. The van der Waals surface area contributed by atoms with E-state index in [4.69, 9.17) is 5.11 Å². The number of hydrogen-bond acceptors (Lipinski definition) is 5. The number of hydrogen-bond donors (Lipinski definition) is 3. The van der Waals surface area contributed by atoms with Gasteiger partial charge in [-0.25, -0.2) is 4.79 Å². The van der Waals surface area contributed by atoms with E-state index in [0.717, 1.165) is 24.3 Å². The Morgan fingerprint density at radius 3 is 3.05 bits per heavy atom. The molecule has 2 rings (SSSR count). The van der Waals surface area contributed by atoms with Crippen LogP contribution >= 0.6 is 11.3 Å². The van der Waals surface area contributed by atoms with Crippen LogP contribution in [-0.2, 0) is 11.3 Å². The maximum Gasteiger partial charge on any atom is 0.321 e. The van der Waals surface area contributed by atoms with Crippen molar-refractivity contribution < 1.29 is 14.7 Å². The Morgan fingerprint density at radius 2 is 2.35 bits per heavy atom. The maximum absolute atomic E-state index is 11.7. The molecule has 3 amide bonds. The van der Waals surface area contributed by atoms with Crippen LogP contribution in [0.1, 0.15) is 17.7 Å². The summed E-state index contributed by atoms with van der Waals surface area (Å²) < 4.78 is 0. The Bertz CT molecular complexity index is 450.